The molecular formula is C29H24BrN3O4S. The minimum absolute atomic E-state index is 0.242. The zero-order valence-corrected chi connectivity index (χ0v) is 23.3. The van der Waals surface area contributed by atoms with Crippen molar-refractivity contribution in [3.05, 3.63) is 119 Å². The third-order valence-corrected chi connectivity index (χ3v) is 7.68. The van der Waals surface area contributed by atoms with Crippen LogP contribution >= 0.6 is 27.3 Å². The predicted molar refractivity (Wildman–Crippen MR) is 153 cm³/mol. The van der Waals surface area contributed by atoms with Crippen LogP contribution in [0.5, 0.6) is 11.5 Å². The van der Waals surface area contributed by atoms with Crippen molar-refractivity contribution >= 4 is 44.9 Å². The number of allylic oxidation sites excluding steroid dienone is 1. The standard InChI is InChI=1S/C29H24BrN3O4S/c1-17-25(27(34)32-21-7-5-4-6-8-21)26(18-9-12-22(36-2)13-10-18)33-28(35)24(38-29(33)31-17)16-19-15-20(30)11-14-23(19)37-3/h4-16,26H,1-3H3,(H,32,34)/b24-16+/t26-/m0/s1. The lowest BCUT2D eigenvalue weighted by molar-refractivity contribution is -0.113. The van der Waals surface area contributed by atoms with E-state index in [-0.39, 0.29) is 11.5 Å². The van der Waals surface area contributed by atoms with Gasteiger partial charge in [0.1, 0.15) is 11.5 Å². The summed E-state index contributed by atoms with van der Waals surface area (Å²) in [7, 11) is 3.18. The molecule has 9 heteroatoms. The number of fused-ring (bicyclic) bond motifs is 1. The number of hydrogen-bond acceptors (Lipinski definition) is 6. The number of methoxy groups -OCH3 is 2. The van der Waals surface area contributed by atoms with Crippen LogP contribution in [0.1, 0.15) is 24.1 Å². The van der Waals surface area contributed by atoms with E-state index < -0.39 is 6.04 Å². The molecule has 0 bridgehead atoms. The molecule has 0 saturated heterocycles. The summed E-state index contributed by atoms with van der Waals surface area (Å²) in [5.74, 6) is 1.00. The molecule has 38 heavy (non-hydrogen) atoms. The lowest BCUT2D eigenvalue weighted by Gasteiger charge is -2.25. The van der Waals surface area contributed by atoms with Crippen LogP contribution in [-0.2, 0) is 4.79 Å². The Labute approximate surface area is 231 Å². The minimum atomic E-state index is -0.674. The maximum absolute atomic E-state index is 13.9. The zero-order valence-electron chi connectivity index (χ0n) is 20.9. The molecule has 2 heterocycles. The van der Waals surface area contributed by atoms with E-state index >= 15 is 0 Å². The van der Waals surface area contributed by atoms with Crippen LogP contribution in [0.4, 0.5) is 5.69 Å². The molecule has 1 amide bonds. The Morgan fingerprint density at radius 1 is 1.05 bits per heavy atom. The first-order chi connectivity index (χ1) is 18.4. The van der Waals surface area contributed by atoms with Crippen LogP contribution in [0.3, 0.4) is 0 Å². The van der Waals surface area contributed by atoms with Crippen molar-refractivity contribution in [1.82, 2.24) is 4.57 Å². The number of amides is 1. The van der Waals surface area contributed by atoms with Gasteiger partial charge in [0, 0.05) is 15.7 Å². The smallest absolute Gasteiger partial charge is 0.271 e. The molecule has 0 fully saturated rings. The Kier molecular flexibility index (Phi) is 7.31. The normalized spacial score (nSPS) is 15.1. The van der Waals surface area contributed by atoms with Crippen molar-refractivity contribution in [1.29, 1.82) is 0 Å². The second-order valence-corrected chi connectivity index (χ2v) is 10.5. The number of benzene rings is 3. The topological polar surface area (TPSA) is 81.9 Å². The average molecular weight is 590 g/mol. The van der Waals surface area contributed by atoms with Gasteiger partial charge in [0.25, 0.3) is 11.5 Å². The molecule has 1 aromatic heterocycles. The molecule has 0 spiro atoms. The third-order valence-electron chi connectivity index (χ3n) is 6.21. The first-order valence-corrected chi connectivity index (χ1v) is 13.4. The molecule has 0 aliphatic carbocycles. The van der Waals surface area contributed by atoms with Gasteiger partial charge in [-0.3, -0.25) is 14.2 Å². The van der Waals surface area contributed by atoms with Crippen LogP contribution < -0.4 is 29.7 Å². The van der Waals surface area contributed by atoms with Crippen LogP contribution in [0.2, 0.25) is 0 Å². The fourth-order valence-electron chi connectivity index (χ4n) is 4.39. The Morgan fingerprint density at radius 3 is 2.47 bits per heavy atom. The monoisotopic (exact) mass is 589 g/mol. The number of halogens is 1. The Balaban J connectivity index is 1.69. The van der Waals surface area contributed by atoms with Gasteiger partial charge in [-0.15, -0.1) is 0 Å². The maximum Gasteiger partial charge on any atom is 0.271 e. The van der Waals surface area contributed by atoms with E-state index in [0.29, 0.717) is 37.8 Å². The summed E-state index contributed by atoms with van der Waals surface area (Å²) in [6, 6.07) is 21.5. The van der Waals surface area contributed by atoms with E-state index in [9.17, 15) is 9.59 Å². The third kappa shape index (κ3) is 4.94. The summed E-state index contributed by atoms with van der Waals surface area (Å²) < 4.78 is 13.8. The van der Waals surface area contributed by atoms with Crippen molar-refractivity contribution in [3.8, 4) is 11.5 Å². The number of para-hydroxylation sites is 1. The van der Waals surface area contributed by atoms with Crippen LogP contribution in [0.25, 0.3) is 6.08 Å². The van der Waals surface area contributed by atoms with E-state index in [1.165, 1.54) is 11.3 Å². The average Bonchev–Trinajstić information content (AvgIpc) is 3.22. The number of ether oxygens (including phenoxy) is 2. The van der Waals surface area contributed by atoms with Crippen molar-refractivity contribution in [2.75, 3.05) is 19.5 Å². The van der Waals surface area contributed by atoms with Crippen LogP contribution in [0.15, 0.2) is 98.3 Å². The molecule has 1 aliphatic heterocycles. The minimum Gasteiger partial charge on any atom is -0.497 e. The Bertz CT molecular complexity index is 1720. The molecule has 4 aromatic rings. The van der Waals surface area contributed by atoms with Gasteiger partial charge in [0.05, 0.1) is 36.1 Å². The first-order valence-electron chi connectivity index (χ1n) is 11.8. The molecule has 0 radical (unpaired) electrons. The highest BCUT2D eigenvalue weighted by Crippen LogP contribution is 2.32. The Morgan fingerprint density at radius 2 is 1.79 bits per heavy atom. The van der Waals surface area contributed by atoms with Crippen LogP contribution in [-0.4, -0.2) is 24.7 Å². The SMILES string of the molecule is COc1ccc([C@H]2C(C(=O)Nc3ccccc3)=C(C)N=c3s/c(=C/c4cc(Br)ccc4OC)c(=O)n32)cc1. The summed E-state index contributed by atoms with van der Waals surface area (Å²) >= 11 is 4.77. The molecule has 1 atom stereocenters. The fraction of sp³-hybridized carbons (Fsp3) is 0.138. The van der Waals surface area contributed by atoms with Gasteiger partial charge >= 0.3 is 0 Å². The van der Waals surface area contributed by atoms with Gasteiger partial charge in [0.2, 0.25) is 0 Å². The molecule has 3 aromatic carbocycles. The van der Waals surface area contributed by atoms with Crippen molar-refractivity contribution in [2.45, 2.75) is 13.0 Å². The number of carbonyl (C=O) groups is 1. The summed E-state index contributed by atoms with van der Waals surface area (Å²) in [6.07, 6.45) is 1.79. The van der Waals surface area contributed by atoms with Gasteiger partial charge < -0.3 is 14.8 Å². The van der Waals surface area contributed by atoms with Gasteiger partial charge in [-0.05, 0) is 61.0 Å². The first kappa shape index (κ1) is 25.7. The summed E-state index contributed by atoms with van der Waals surface area (Å²) in [4.78, 5) is 32.7. The number of nitrogens with one attached hydrogen (secondary N) is 1. The molecular weight excluding hydrogens is 566 g/mol. The lowest BCUT2D eigenvalue weighted by Crippen LogP contribution is -2.40. The number of thiazole rings is 1. The van der Waals surface area contributed by atoms with Crippen molar-refractivity contribution in [2.24, 2.45) is 4.99 Å². The zero-order chi connectivity index (χ0) is 26.8. The number of rotatable bonds is 6. The number of anilines is 1. The molecule has 1 aliphatic rings. The van der Waals surface area contributed by atoms with Gasteiger partial charge in [-0.25, -0.2) is 4.99 Å². The van der Waals surface area contributed by atoms with Crippen molar-refractivity contribution < 1.29 is 14.3 Å². The fourth-order valence-corrected chi connectivity index (χ4v) is 5.81. The van der Waals surface area contributed by atoms with E-state index in [0.717, 1.165) is 15.6 Å². The van der Waals surface area contributed by atoms with E-state index in [4.69, 9.17) is 14.5 Å². The number of aromatic nitrogens is 1. The summed E-state index contributed by atoms with van der Waals surface area (Å²) in [5.41, 5.74) is 2.89. The second kappa shape index (κ2) is 10.8. The molecule has 7 nitrogen and oxygen atoms in total. The molecule has 192 valence electrons. The maximum atomic E-state index is 13.9. The van der Waals surface area contributed by atoms with Gasteiger partial charge in [-0.1, -0.05) is 57.6 Å². The van der Waals surface area contributed by atoms with Crippen LogP contribution in [0, 0.1) is 0 Å². The predicted octanol–water partition coefficient (Wildman–Crippen LogP) is 4.65. The highest BCUT2D eigenvalue weighted by atomic mass is 79.9. The number of hydrogen-bond donors (Lipinski definition) is 1. The molecule has 0 unspecified atom stereocenters. The number of carbonyl (C=O) groups excluding carboxylic acids is 1. The molecule has 0 saturated carbocycles. The van der Waals surface area contributed by atoms with E-state index in [2.05, 4.69) is 21.2 Å². The molecule has 5 rings (SSSR count). The highest BCUT2D eigenvalue weighted by molar-refractivity contribution is 9.10. The van der Waals surface area contributed by atoms with Gasteiger partial charge in [0.15, 0.2) is 4.80 Å². The second-order valence-electron chi connectivity index (χ2n) is 8.56. The van der Waals surface area contributed by atoms with E-state index in [1.54, 1.807) is 31.8 Å². The lowest BCUT2D eigenvalue weighted by atomic mass is 9.95. The quantitative estimate of drug-likeness (QED) is 0.355. The van der Waals surface area contributed by atoms with Crippen molar-refractivity contribution in [3.63, 3.8) is 0 Å². The summed E-state index contributed by atoms with van der Waals surface area (Å²) in [6.45, 7) is 1.80. The number of nitrogens with zero attached hydrogens (tertiary/aromatic N) is 2. The molecule has 1 N–H and O–H groups in total. The largest absolute Gasteiger partial charge is 0.497 e. The Hall–Kier alpha value is -3.95. The van der Waals surface area contributed by atoms with E-state index in [1.807, 2.05) is 72.8 Å². The van der Waals surface area contributed by atoms with Gasteiger partial charge in [-0.2, -0.15) is 0 Å². The highest BCUT2D eigenvalue weighted by Gasteiger charge is 2.32. The summed E-state index contributed by atoms with van der Waals surface area (Å²) in [5, 5.41) is 2.96.